The molecule has 27 heavy (non-hydrogen) atoms. The van der Waals surface area contributed by atoms with Crippen LogP contribution in [0.4, 0.5) is 14.9 Å². The molecule has 0 aliphatic carbocycles. The molecule has 142 valence electrons. The van der Waals surface area contributed by atoms with Crippen LogP contribution in [0, 0.1) is 5.82 Å². The van der Waals surface area contributed by atoms with E-state index in [-0.39, 0.29) is 24.7 Å². The molecule has 2 amide bonds. The fraction of sp³-hybridized carbons (Fsp3) is 0.278. The standard InChI is InChI=1S/C18H19FN4O4/c1-11(21-26)13-5-6-22(9-13)17-4-3-14(7-16(17)19)23-10-15(27-18(23)25)8-20-12(2)24/h3-7,9,15,26H,8,10H2,1-2H3,(H,20,24)/b21-11-/t15-/m0/s1. The maximum atomic E-state index is 14.6. The van der Waals surface area contributed by atoms with Crippen LogP contribution < -0.4 is 10.2 Å². The molecule has 1 saturated heterocycles. The third kappa shape index (κ3) is 3.91. The number of carbonyl (C=O) groups is 2. The van der Waals surface area contributed by atoms with Crippen LogP contribution in [0.1, 0.15) is 19.4 Å². The number of hydrogen-bond acceptors (Lipinski definition) is 5. The molecular weight excluding hydrogens is 355 g/mol. The smallest absolute Gasteiger partial charge is 0.414 e. The highest BCUT2D eigenvalue weighted by molar-refractivity contribution is 5.98. The van der Waals surface area contributed by atoms with Crippen molar-refractivity contribution in [2.45, 2.75) is 20.0 Å². The molecule has 0 bridgehead atoms. The average molecular weight is 374 g/mol. The van der Waals surface area contributed by atoms with Gasteiger partial charge in [0.15, 0.2) is 0 Å². The first-order valence-electron chi connectivity index (χ1n) is 8.28. The lowest BCUT2D eigenvalue weighted by atomic mass is 10.2. The molecule has 3 rings (SSSR count). The molecule has 2 heterocycles. The van der Waals surface area contributed by atoms with E-state index in [1.807, 2.05) is 0 Å². The van der Waals surface area contributed by atoms with Crippen molar-refractivity contribution in [3.8, 4) is 5.69 Å². The zero-order valence-corrected chi connectivity index (χ0v) is 14.8. The molecule has 0 unspecified atom stereocenters. The molecule has 2 aromatic rings. The van der Waals surface area contributed by atoms with Gasteiger partial charge in [-0.1, -0.05) is 5.16 Å². The highest BCUT2D eigenvalue weighted by Gasteiger charge is 2.32. The van der Waals surface area contributed by atoms with Gasteiger partial charge < -0.3 is 19.8 Å². The second-order valence-electron chi connectivity index (χ2n) is 6.18. The molecule has 1 aliphatic rings. The normalized spacial score (nSPS) is 17.1. The Hall–Kier alpha value is -3.36. The summed E-state index contributed by atoms with van der Waals surface area (Å²) in [6.07, 6.45) is 2.21. The Morgan fingerprint density at radius 3 is 2.85 bits per heavy atom. The van der Waals surface area contributed by atoms with Gasteiger partial charge in [0.25, 0.3) is 0 Å². The first-order chi connectivity index (χ1) is 12.9. The second kappa shape index (κ2) is 7.48. The summed E-state index contributed by atoms with van der Waals surface area (Å²) in [5, 5.41) is 14.5. The van der Waals surface area contributed by atoms with E-state index in [0.717, 1.165) is 0 Å². The number of aromatic nitrogens is 1. The molecule has 9 heteroatoms. The molecule has 1 atom stereocenters. The second-order valence-corrected chi connectivity index (χ2v) is 6.18. The van der Waals surface area contributed by atoms with Crippen molar-refractivity contribution in [2.24, 2.45) is 5.16 Å². The van der Waals surface area contributed by atoms with Crippen LogP contribution in [0.25, 0.3) is 5.69 Å². The fourth-order valence-electron chi connectivity index (χ4n) is 2.79. The van der Waals surface area contributed by atoms with Crippen molar-refractivity contribution >= 4 is 23.4 Å². The maximum Gasteiger partial charge on any atom is 0.414 e. The summed E-state index contributed by atoms with van der Waals surface area (Å²) >= 11 is 0. The topological polar surface area (TPSA) is 96.2 Å². The quantitative estimate of drug-likeness (QED) is 0.477. The number of nitrogens with one attached hydrogen (secondary N) is 1. The Morgan fingerprint density at radius 1 is 1.41 bits per heavy atom. The van der Waals surface area contributed by atoms with Crippen LogP contribution in [0.2, 0.25) is 0 Å². The summed E-state index contributed by atoms with van der Waals surface area (Å²) in [4.78, 5) is 24.3. The Kier molecular flexibility index (Phi) is 5.11. The van der Waals surface area contributed by atoms with Gasteiger partial charge in [0.2, 0.25) is 5.91 Å². The summed E-state index contributed by atoms with van der Waals surface area (Å²) in [6.45, 7) is 3.44. The number of amides is 2. The van der Waals surface area contributed by atoms with E-state index >= 15 is 0 Å². The van der Waals surface area contributed by atoms with Gasteiger partial charge in [-0.15, -0.1) is 0 Å². The van der Waals surface area contributed by atoms with Gasteiger partial charge in [-0.05, 0) is 31.2 Å². The van der Waals surface area contributed by atoms with Crippen LogP contribution in [0.3, 0.4) is 0 Å². The highest BCUT2D eigenvalue weighted by atomic mass is 19.1. The van der Waals surface area contributed by atoms with E-state index in [0.29, 0.717) is 17.0 Å². The predicted octanol–water partition coefficient (Wildman–Crippen LogP) is 2.28. The number of halogens is 1. The van der Waals surface area contributed by atoms with E-state index in [9.17, 15) is 14.0 Å². The van der Waals surface area contributed by atoms with Gasteiger partial charge in [-0.25, -0.2) is 9.18 Å². The van der Waals surface area contributed by atoms with Crippen LogP contribution in [0.15, 0.2) is 41.8 Å². The van der Waals surface area contributed by atoms with E-state index < -0.39 is 18.0 Å². The summed E-state index contributed by atoms with van der Waals surface area (Å²) in [6, 6.07) is 6.12. The number of benzene rings is 1. The summed E-state index contributed by atoms with van der Waals surface area (Å²) in [5.74, 6) is -0.737. The zero-order chi connectivity index (χ0) is 19.6. The lowest BCUT2D eigenvalue weighted by Crippen LogP contribution is -2.33. The number of nitrogens with zero attached hydrogens (tertiary/aromatic N) is 3. The summed E-state index contributed by atoms with van der Waals surface area (Å²) in [5.41, 5.74) is 1.73. The van der Waals surface area contributed by atoms with Crippen molar-refractivity contribution in [1.29, 1.82) is 0 Å². The van der Waals surface area contributed by atoms with Crippen molar-refractivity contribution in [3.05, 3.63) is 48.0 Å². The Morgan fingerprint density at radius 2 is 2.19 bits per heavy atom. The van der Waals surface area contributed by atoms with E-state index in [2.05, 4.69) is 10.5 Å². The minimum atomic E-state index is -0.587. The van der Waals surface area contributed by atoms with Gasteiger partial charge in [-0.3, -0.25) is 9.69 Å². The maximum absolute atomic E-state index is 14.6. The van der Waals surface area contributed by atoms with Crippen molar-refractivity contribution in [2.75, 3.05) is 18.0 Å². The van der Waals surface area contributed by atoms with Crippen LogP contribution in [0.5, 0.6) is 0 Å². The zero-order valence-electron chi connectivity index (χ0n) is 14.8. The number of anilines is 1. The van der Waals surface area contributed by atoms with Gasteiger partial charge in [-0.2, -0.15) is 0 Å². The lowest BCUT2D eigenvalue weighted by Gasteiger charge is -2.14. The number of ether oxygens (including phenoxy) is 1. The van der Waals surface area contributed by atoms with E-state index in [1.165, 1.54) is 17.9 Å². The molecular formula is C18H19FN4O4. The van der Waals surface area contributed by atoms with Crippen LogP contribution >= 0.6 is 0 Å². The molecule has 1 fully saturated rings. The summed E-state index contributed by atoms with van der Waals surface area (Å²) < 4.78 is 21.4. The lowest BCUT2D eigenvalue weighted by molar-refractivity contribution is -0.119. The molecule has 0 saturated carbocycles. The number of cyclic esters (lactones) is 1. The molecule has 0 spiro atoms. The SMILES string of the molecule is CC(=O)NC[C@H]1CN(c2ccc(-n3ccc(/C(C)=N\O)c3)c(F)c2)C(=O)O1. The molecule has 0 radical (unpaired) electrons. The summed E-state index contributed by atoms with van der Waals surface area (Å²) in [7, 11) is 0. The average Bonchev–Trinajstić information content (AvgIpc) is 3.26. The first-order valence-corrected chi connectivity index (χ1v) is 8.28. The molecule has 1 aromatic carbocycles. The first kappa shape index (κ1) is 18.4. The van der Waals surface area contributed by atoms with Crippen molar-refractivity contribution < 1.29 is 23.9 Å². The van der Waals surface area contributed by atoms with Gasteiger partial charge in [0, 0.05) is 24.9 Å². The Bertz CT molecular complexity index is 909. The largest absolute Gasteiger partial charge is 0.442 e. The number of oxime groups is 1. The third-order valence-corrected chi connectivity index (χ3v) is 4.23. The Labute approximate surface area is 154 Å². The minimum Gasteiger partial charge on any atom is -0.442 e. The highest BCUT2D eigenvalue weighted by Crippen LogP contribution is 2.26. The fourth-order valence-corrected chi connectivity index (χ4v) is 2.79. The van der Waals surface area contributed by atoms with E-state index in [1.54, 1.807) is 42.1 Å². The van der Waals surface area contributed by atoms with Crippen molar-refractivity contribution in [3.63, 3.8) is 0 Å². The van der Waals surface area contributed by atoms with Crippen molar-refractivity contribution in [1.82, 2.24) is 9.88 Å². The van der Waals surface area contributed by atoms with Gasteiger partial charge in [0.05, 0.1) is 30.2 Å². The molecule has 1 aromatic heterocycles. The van der Waals surface area contributed by atoms with Gasteiger partial charge in [0.1, 0.15) is 11.9 Å². The minimum absolute atomic E-state index is 0.204. The molecule has 1 aliphatic heterocycles. The van der Waals surface area contributed by atoms with Gasteiger partial charge >= 0.3 is 6.09 Å². The number of carbonyl (C=O) groups excluding carboxylic acids is 2. The van der Waals surface area contributed by atoms with E-state index in [4.69, 9.17) is 9.94 Å². The molecule has 8 nitrogen and oxygen atoms in total. The van der Waals surface area contributed by atoms with Crippen LogP contribution in [-0.4, -0.2) is 46.7 Å². The predicted molar refractivity (Wildman–Crippen MR) is 96.0 cm³/mol. The molecule has 2 N–H and O–H groups in total. The Balaban J connectivity index is 1.78. The number of rotatable bonds is 5. The monoisotopic (exact) mass is 374 g/mol. The van der Waals surface area contributed by atoms with Crippen LogP contribution in [-0.2, 0) is 9.53 Å². The number of hydrogen-bond donors (Lipinski definition) is 2. The third-order valence-electron chi connectivity index (χ3n) is 4.23.